The highest BCUT2D eigenvalue weighted by molar-refractivity contribution is 7.26. The molecule has 2 aliphatic heterocycles. The van der Waals surface area contributed by atoms with Gasteiger partial charge in [-0.05, 0) is 39.8 Å². The number of nitrogens with zero attached hydrogens (tertiary/aromatic N) is 2. The predicted octanol–water partition coefficient (Wildman–Crippen LogP) is 11.3. The van der Waals surface area contributed by atoms with Crippen LogP contribution in [0.1, 0.15) is 36.1 Å². The number of hydrogen-bond acceptors (Lipinski definition) is 4. The van der Waals surface area contributed by atoms with Crippen molar-refractivity contribution >= 4 is 42.4 Å². The number of fused-ring (bicyclic) bond motifs is 5. The highest BCUT2D eigenvalue weighted by Gasteiger charge is 2.37. The van der Waals surface area contributed by atoms with E-state index in [9.17, 15) is 0 Å². The average Bonchev–Trinajstić information content (AvgIpc) is 3.49. The summed E-state index contributed by atoms with van der Waals surface area (Å²) < 4.78 is 9.28. The van der Waals surface area contributed by atoms with Gasteiger partial charge in [-0.15, -0.1) is 11.3 Å². The van der Waals surface area contributed by atoms with E-state index in [1.54, 1.807) is 11.3 Å². The van der Waals surface area contributed by atoms with Gasteiger partial charge in [-0.25, -0.2) is 9.97 Å². The Morgan fingerprint density at radius 1 is 0.652 bits per heavy atom. The summed E-state index contributed by atoms with van der Waals surface area (Å²) in [5, 5.41) is 3.52. The second kappa shape index (κ2) is 9.35. The van der Waals surface area contributed by atoms with Crippen LogP contribution in [0.2, 0.25) is 0 Å². The maximum Gasteiger partial charge on any atom is 0.160 e. The lowest BCUT2D eigenvalue weighted by molar-refractivity contribution is 0.419. The Labute approximate surface area is 270 Å². The van der Waals surface area contributed by atoms with Crippen molar-refractivity contribution in [3.05, 3.63) is 144 Å². The van der Waals surface area contributed by atoms with Gasteiger partial charge >= 0.3 is 0 Å². The quantitative estimate of drug-likeness (QED) is 0.196. The van der Waals surface area contributed by atoms with E-state index in [1.165, 1.54) is 54.2 Å². The van der Waals surface area contributed by atoms with E-state index in [-0.39, 0.29) is 5.41 Å². The number of hydrogen-bond donors (Lipinski definition) is 0. The Balaban J connectivity index is 1.27. The molecule has 0 radical (unpaired) electrons. The molecule has 0 amide bonds. The lowest BCUT2D eigenvalue weighted by atomic mass is 9.74. The molecule has 2 aromatic heterocycles. The van der Waals surface area contributed by atoms with Crippen LogP contribution < -0.4 is 4.74 Å². The second-order valence-corrected chi connectivity index (χ2v) is 14.0. The molecule has 0 saturated carbocycles. The standard InChI is InChI=1S/C42H28N2OS/c1-42(2)32-16-9-13-27-22-26-18-19-28(23-31(26)29-15-8-12-24-20-21-33(42)39(35(24)29)45-38(27)32)41-43-36(25-10-4-3-5-11-25)40-37(44-41)30-14-6-7-17-34(30)46-40/h3-21,23H,22H2,1-2H3. The normalized spacial score (nSPS) is 14.1. The van der Waals surface area contributed by atoms with Gasteiger partial charge in [0, 0.05) is 49.6 Å². The smallest absolute Gasteiger partial charge is 0.160 e. The third kappa shape index (κ3) is 3.59. The van der Waals surface area contributed by atoms with E-state index in [0.717, 1.165) is 50.8 Å². The molecule has 4 heterocycles. The van der Waals surface area contributed by atoms with E-state index in [0.29, 0.717) is 0 Å². The molecule has 0 spiro atoms. The third-order valence-electron chi connectivity index (χ3n) is 9.95. The highest BCUT2D eigenvalue weighted by Crippen LogP contribution is 2.54. The Morgan fingerprint density at radius 3 is 2.39 bits per heavy atom. The van der Waals surface area contributed by atoms with E-state index in [4.69, 9.17) is 14.7 Å². The largest absolute Gasteiger partial charge is 0.456 e. The van der Waals surface area contributed by atoms with E-state index < -0.39 is 0 Å². The molecule has 2 aliphatic rings. The second-order valence-electron chi connectivity index (χ2n) is 13.0. The minimum absolute atomic E-state index is 0.178. The summed E-state index contributed by atoms with van der Waals surface area (Å²) in [6.45, 7) is 4.64. The molecule has 0 unspecified atom stereocenters. The molecular weight excluding hydrogens is 581 g/mol. The maximum atomic E-state index is 6.94. The lowest BCUT2D eigenvalue weighted by Gasteiger charge is -2.36. The Hall–Kier alpha value is -5.32. The van der Waals surface area contributed by atoms with Gasteiger partial charge in [-0.1, -0.05) is 123 Å². The van der Waals surface area contributed by atoms with Gasteiger partial charge in [-0.2, -0.15) is 0 Å². The molecule has 0 fully saturated rings. The summed E-state index contributed by atoms with van der Waals surface area (Å²) in [7, 11) is 0. The van der Waals surface area contributed by atoms with E-state index in [1.807, 2.05) is 0 Å². The Kier molecular flexibility index (Phi) is 5.28. The summed E-state index contributed by atoms with van der Waals surface area (Å²) >= 11 is 1.77. The van der Waals surface area contributed by atoms with Crippen molar-refractivity contribution in [2.45, 2.75) is 25.7 Å². The van der Waals surface area contributed by atoms with Crippen LogP contribution in [-0.2, 0) is 11.8 Å². The zero-order valence-corrected chi connectivity index (χ0v) is 26.3. The molecule has 6 aromatic carbocycles. The topological polar surface area (TPSA) is 35.0 Å². The van der Waals surface area contributed by atoms with Crippen LogP contribution in [0, 0.1) is 0 Å². The van der Waals surface area contributed by atoms with Crippen LogP contribution in [0.15, 0.2) is 121 Å². The number of para-hydroxylation sites is 1. The number of rotatable bonds is 2. The van der Waals surface area contributed by atoms with E-state index >= 15 is 0 Å². The molecule has 0 saturated heterocycles. The van der Waals surface area contributed by atoms with Crippen molar-refractivity contribution in [2.75, 3.05) is 0 Å². The van der Waals surface area contributed by atoms with Crippen LogP contribution >= 0.6 is 11.3 Å². The van der Waals surface area contributed by atoms with Gasteiger partial charge in [0.15, 0.2) is 5.82 Å². The Bertz CT molecular complexity index is 2560. The average molecular weight is 609 g/mol. The Morgan fingerprint density at radius 2 is 1.48 bits per heavy atom. The third-order valence-corrected chi connectivity index (χ3v) is 11.1. The van der Waals surface area contributed by atoms with Gasteiger partial charge in [0.2, 0.25) is 0 Å². The van der Waals surface area contributed by atoms with Crippen molar-refractivity contribution < 1.29 is 4.74 Å². The van der Waals surface area contributed by atoms with Gasteiger partial charge < -0.3 is 4.74 Å². The van der Waals surface area contributed by atoms with Crippen molar-refractivity contribution in [3.63, 3.8) is 0 Å². The first-order valence-electron chi connectivity index (χ1n) is 15.8. The van der Waals surface area contributed by atoms with Gasteiger partial charge in [0.25, 0.3) is 0 Å². The molecule has 3 nitrogen and oxygen atoms in total. The minimum Gasteiger partial charge on any atom is -0.456 e. The molecule has 0 atom stereocenters. The number of thiophene rings is 1. The fourth-order valence-electron chi connectivity index (χ4n) is 7.59. The SMILES string of the molecule is CC1(C)c2cccc3c2Oc2c1ccc1cccc(c21)-c1cc(-c2nc(-c4ccccc4)c4sc5ccccc5c4n2)ccc1C3. The summed E-state index contributed by atoms with van der Waals surface area (Å²) in [6, 6.07) is 43.6. The van der Waals surface area contributed by atoms with Crippen LogP contribution in [-0.4, -0.2) is 9.97 Å². The zero-order chi connectivity index (χ0) is 30.6. The first-order valence-corrected chi connectivity index (χ1v) is 16.6. The molecule has 10 rings (SSSR count). The molecular formula is C42H28N2OS. The van der Waals surface area contributed by atoms with Crippen molar-refractivity contribution in [3.8, 4) is 45.3 Å². The molecule has 4 heteroatoms. The van der Waals surface area contributed by atoms with Crippen molar-refractivity contribution in [1.29, 1.82) is 0 Å². The van der Waals surface area contributed by atoms with Gasteiger partial charge in [0.05, 0.1) is 15.9 Å². The molecule has 0 N–H and O–H groups in total. The van der Waals surface area contributed by atoms with Gasteiger partial charge in [0.1, 0.15) is 11.5 Å². The van der Waals surface area contributed by atoms with Crippen LogP contribution in [0.4, 0.5) is 0 Å². The van der Waals surface area contributed by atoms with Crippen molar-refractivity contribution in [2.24, 2.45) is 0 Å². The summed E-state index contributed by atoms with van der Waals surface area (Å²) in [5.74, 6) is 2.72. The lowest BCUT2D eigenvalue weighted by Crippen LogP contribution is -2.25. The molecule has 8 aromatic rings. The molecule has 2 bridgehead atoms. The molecule has 46 heavy (non-hydrogen) atoms. The minimum atomic E-state index is -0.178. The van der Waals surface area contributed by atoms with E-state index in [2.05, 4.69) is 135 Å². The zero-order valence-electron chi connectivity index (χ0n) is 25.5. The summed E-state index contributed by atoms with van der Waals surface area (Å²) in [5.41, 5.74) is 11.2. The van der Waals surface area contributed by atoms with Crippen molar-refractivity contribution in [1.82, 2.24) is 9.97 Å². The maximum absolute atomic E-state index is 6.94. The first-order chi connectivity index (χ1) is 22.5. The predicted molar refractivity (Wildman–Crippen MR) is 190 cm³/mol. The van der Waals surface area contributed by atoms with Gasteiger partial charge in [-0.3, -0.25) is 0 Å². The van der Waals surface area contributed by atoms with Crippen LogP contribution in [0.25, 0.3) is 64.8 Å². The fourth-order valence-corrected chi connectivity index (χ4v) is 8.74. The van der Waals surface area contributed by atoms with Crippen LogP contribution in [0.5, 0.6) is 11.5 Å². The number of benzene rings is 6. The monoisotopic (exact) mass is 608 g/mol. The number of aromatic nitrogens is 2. The number of ether oxygens (including phenoxy) is 1. The fraction of sp³-hybridized carbons (Fsp3) is 0.0952. The first kappa shape index (κ1) is 26.0. The molecule has 0 aliphatic carbocycles. The summed E-state index contributed by atoms with van der Waals surface area (Å²) in [6.07, 6.45) is 0.777. The summed E-state index contributed by atoms with van der Waals surface area (Å²) in [4.78, 5) is 10.6. The highest BCUT2D eigenvalue weighted by atomic mass is 32.1. The van der Waals surface area contributed by atoms with Crippen LogP contribution in [0.3, 0.4) is 0 Å². The molecule has 218 valence electrons.